The number of epoxide rings is 1. The lowest BCUT2D eigenvalue weighted by atomic mass is 9.95. The summed E-state index contributed by atoms with van der Waals surface area (Å²) in [5.41, 5.74) is 2.76. The number of benzene rings is 1. The normalized spacial score (nSPS) is 26.3. The third kappa shape index (κ3) is 2.60. The largest absolute Gasteiger partial charge is 0.369 e. The predicted molar refractivity (Wildman–Crippen MR) is 63.0 cm³/mol. The van der Waals surface area contributed by atoms with Crippen molar-refractivity contribution in [1.29, 1.82) is 0 Å². The molecule has 1 heteroatoms. The zero-order valence-corrected chi connectivity index (χ0v) is 9.86. The van der Waals surface area contributed by atoms with Gasteiger partial charge in [-0.15, -0.1) is 0 Å². The van der Waals surface area contributed by atoms with Crippen LogP contribution in [-0.2, 0) is 11.2 Å². The van der Waals surface area contributed by atoms with Crippen molar-refractivity contribution in [1.82, 2.24) is 0 Å². The van der Waals surface area contributed by atoms with Gasteiger partial charge in [-0.1, -0.05) is 43.7 Å². The Labute approximate surface area is 92.5 Å². The monoisotopic (exact) mass is 204 g/mol. The maximum Gasteiger partial charge on any atom is 0.0870 e. The van der Waals surface area contributed by atoms with Gasteiger partial charge in [-0.05, 0) is 31.2 Å². The van der Waals surface area contributed by atoms with Crippen LogP contribution >= 0.6 is 0 Å². The molecular formula is C14H20O. The fraction of sp³-hybridized carbons (Fsp3) is 0.571. The van der Waals surface area contributed by atoms with Crippen LogP contribution in [0.2, 0.25) is 0 Å². The maximum absolute atomic E-state index is 5.62. The minimum absolute atomic E-state index is 0.510. The van der Waals surface area contributed by atoms with Crippen LogP contribution in [0.4, 0.5) is 0 Å². The standard InChI is InChI=1S/C14H20O/c1-4-13-14(15-13)11(3)9-12-7-5-10(2)6-8-12/h5-8,11,13-14H,4,9H2,1-3H3. The van der Waals surface area contributed by atoms with Crippen LogP contribution in [0.25, 0.3) is 0 Å². The van der Waals surface area contributed by atoms with Crippen LogP contribution < -0.4 is 0 Å². The minimum Gasteiger partial charge on any atom is -0.369 e. The van der Waals surface area contributed by atoms with Crippen LogP contribution in [0, 0.1) is 12.8 Å². The summed E-state index contributed by atoms with van der Waals surface area (Å²) >= 11 is 0. The van der Waals surface area contributed by atoms with E-state index in [2.05, 4.69) is 45.0 Å². The molecule has 0 aliphatic carbocycles. The topological polar surface area (TPSA) is 12.5 Å². The van der Waals surface area contributed by atoms with Crippen LogP contribution in [0.15, 0.2) is 24.3 Å². The Morgan fingerprint density at radius 2 is 1.93 bits per heavy atom. The molecule has 1 aliphatic rings. The Bertz CT molecular complexity index is 315. The first-order chi connectivity index (χ1) is 7.20. The molecular weight excluding hydrogens is 184 g/mol. The van der Waals surface area contributed by atoms with E-state index in [1.54, 1.807) is 0 Å². The summed E-state index contributed by atoms with van der Waals surface area (Å²) in [5.74, 6) is 0.651. The molecule has 3 unspecified atom stereocenters. The third-order valence-corrected chi connectivity index (χ3v) is 3.26. The van der Waals surface area contributed by atoms with Crippen molar-refractivity contribution in [3.05, 3.63) is 35.4 Å². The molecule has 0 radical (unpaired) electrons. The molecule has 1 fully saturated rings. The van der Waals surface area contributed by atoms with Gasteiger partial charge < -0.3 is 4.74 Å². The van der Waals surface area contributed by atoms with E-state index in [1.165, 1.54) is 11.1 Å². The van der Waals surface area contributed by atoms with Crippen molar-refractivity contribution >= 4 is 0 Å². The highest BCUT2D eigenvalue weighted by molar-refractivity contribution is 5.22. The molecule has 1 aromatic carbocycles. The molecule has 1 aliphatic heterocycles. The first kappa shape index (κ1) is 10.7. The molecule has 0 bridgehead atoms. The van der Waals surface area contributed by atoms with Crippen LogP contribution in [0.3, 0.4) is 0 Å². The first-order valence-corrected chi connectivity index (χ1v) is 5.91. The third-order valence-electron chi connectivity index (χ3n) is 3.26. The van der Waals surface area contributed by atoms with E-state index in [1.807, 2.05) is 0 Å². The quantitative estimate of drug-likeness (QED) is 0.685. The molecule has 1 saturated heterocycles. The number of ether oxygens (including phenoxy) is 1. The highest BCUT2D eigenvalue weighted by atomic mass is 16.6. The highest BCUT2D eigenvalue weighted by Gasteiger charge is 2.40. The van der Waals surface area contributed by atoms with E-state index < -0.39 is 0 Å². The Balaban J connectivity index is 1.89. The van der Waals surface area contributed by atoms with E-state index in [9.17, 15) is 0 Å². The average Bonchev–Trinajstić information content (AvgIpc) is 3.00. The van der Waals surface area contributed by atoms with E-state index >= 15 is 0 Å². The summed E-state index contributed by atoms with van der Waals surface area (Å²) in [7, 11) is 0. The summed E-state index contributed by atoms with van der Waals surface area (Å²) in [6.45, 7) is 6.62. The van der Waals surface area contributed by atoms with Gasteiger partial charge in [0.15, 0.2) is 0 Å². The zero-order valence-electron chi connectivity index (χ0n) is 9.86. The molecule has 2 rings (SSSR count). The molecule has 0 N–H and O–H groups in total. The van der Waals surface area contributed by atoms with E-state index in [-0.39, 0.29) is 0 Å². The summed E-state index contributed by atoms with van der Waals surface area (Å²) in [5, 5.41) is 0. The maximum atomic E-state index is 5.62. The Morgan fingerprint density at radius 3 is 2.47 bits per heavy atom. The SMILES string of the molecule is CCC1OC1C(C)Cc1ccc(C)cc1. The van der Waals surface area contributed by atoms with Crippen molar-refractivity contribution in [3.63, 3.8) is 0 Å². The Hall–Kier alpha value is -0.820. The highest BCUT2D eigenvalue weighted by Crippen LogP contribution is 2.33. The predicted octanol–water partition coefficient (Wildman–Crippen LogP) is 3.35. The van der Waals surface area contributed by atoms with Gasteiger partial charge in [0.25, 0.3) is 0 Å². The molecule has 0 spiro atoms. The Kier molecular flexibility index (Phi) is 3.11. The lowest BCUT2D eigenvalue weighted by molar-refractivity contribution is 0.322. The fourth-order valence-corrected chi connectivity index (χ4v) is 2.20. The van der Waals surface area contributed by atoms with Crippen molar-refractivity contribution in [2.45, 2.75) is 45.8 Å². The Morgan fingerprint density at radius 1 is 1.27 bits per heavy atom. The molecule has 0 aromatic heterocycles. The van der Waals surface area contributed by atoms with Gasteiger partial charge in [0.2, 0.25) is 0 Å². The second kappa shape index (κ2) is 4.36. The van der Waals surface area contributed by atoms with Crippen molar-refractivity contribution < 1.29 is 4.74 Å². The van der Waals surface area contributed by atoms with Crippen LogP contribution in [-0.4, -0.2) is 12.2 Å². The summed E-state index contributed by atoms with van der Waals surface area (Å²) < 4.78 is 5.62. The second-order valence-corrected chi connectivity index (χ2v) is 4.71. The van der Waals surface area contributed by atoms with Crippen LogP contribution in [0.1, 0.15) is 31.4 Å². The molecule has 1 aromatic rings. The number of hydrogen-bond acceptors (Lipinski definition) is 1. The second-order valence-electron chi connectivity index (χ2n) is 4.71. The number of aryl methyl sites for hydroxylation is 1. The van der Waals surface area contributed by atoms with Crippen molar-refractivity contribution in [2.75, 3.05) is 0 Å². The van der Waals surface area contributed by atoms with Gasteiger partial charge in [-0.2, -0.15) is 0 Å². The van der Waals surface area contributed by atoms with Gasteiger partial charge >= 0.3 is 0 Å². The molecule has 0 amide bonds. The molecule has 1 nitrogen and oxygen atoms in total. The number of rotatable bonds is 4. The summed E-state index contributed by atoms with van der Waals surface area (Å²) in [6.07, 6.45) is 3.34. The van der Waals surface area contributed by atoms with Crippen molar-refractivity contribution in [3.8, 4) is 0 Å². The molecule has 1 heterocycles. The van der Waals surface area contributed by atoms with E-state index in [4.69, 9.17) is 4.74 Å². The van der Waals surface area contributed by atoms with Crippen molar-refractivity contribution in [2.24, 2.45) is 5.92 Å². The molecule has 3 atom stereocenters. The minimum atomic E-state index is 0.510. The van der Waals surface area contributed by atoms with Crippen LogP contribution in [0.5, 0.6) is 0 Å². The smallest absolute Gasteiger partial charge is 0.0870 e. The van der Waals surface area contributed by atoms with Gasteiger partial charge in [-0.25, -0.2) is 0 Å². The van der Waals surface area contributed by atoms with E-state index in [0.717, 1.165) is 12.8 Å². The number of hydrogen-bond donors (Lipinski definition) is 0. The zero-order chi connectivity index (χ0) is 10.8. The van der Waals surface area contributed by atoms with Gasteiger partial charge in [0.1, 0.15) is 0 Å². The van der Waals surface area contributed by atoms with Gasteiger partial charge in [0.05, 0.1) is 12.2 Å². The van der Waals surface area contributed by atoms with E-state index in [0.29, 0.717) is 18.1 Å². The lowest BCUT2D eigenvalue weighted by Crippen LogP contribution is -2.09. The average molecular weight is 204 g/mol. The molecule has 0 saturated carbocycles. The molecule has 15 heavy (non-hydrogen) atoms. The fourth-order valence-electron chi connectivity index (χ4n) is 2.20. The lowest BCUT2D eigenvalue weighted by Gasteiger charge is -2.08. The summed E-state index contributed by atoms with van der Waals surface area (Å²) in [4.78, 5) is 0. The van der Waals surface area contributed by atoms with Gasteiger partial charge in [0, 0.05) is 0 Å². The summed E-state index contributed by atoms with van der Waals surface area (Å²) in [6, 6.07) is 8.84. The van der Waals surface area contributed by atoms with Gasteiger partial charge in [-0.3, -0.25) is 0 Å². The molecule has 82 valence electrons. The first-order valence-electron chi connectivity index (χ1n) is 5.91.